The van der Waals surface area contributed by atoms with E-state index in [9.17, 15) is 27.2 Å². The van der Waals surface area contributed by atoms with Gasteiger partial charge in [0.1, 0.15) is 11.5 Å². The summed E-state index contributed by atoms with van der Waals surface area (Å²) in [6.45, 7) is 0.0286. The molecule has 1 aromatic heterocycles. The minimum absolute atomic E-state index is 0.0122. The van der Waals surface area contributed by atoms with Crippen LogP contribution in [0.25, 0.3) is 22.3 Å². The number of carbonyl (C=O) groups is 2. The number of hydrogen-bond donors (Lipinski definition) is 3. The number of carbonyl (C=O) groups excluding carboxylic acids is 1. The van der Waals surface area contributed by atoms with Crippen molar-refractivity contribution in [1.82, 2.24) is 10.3 Å². The SMILES string of the molecule is O=C(O)CCNC(=O)c1ccc(-c2cc(C(F)(F)F)ccc2CNc2ccc(-c3ccc(F)cc3Cl)c(Cl)c2)cn1. The van der Waals surface area contributed by atoms with Crippen LogP contribution in [0, 0.1) is 5.82 Å². The second kappa shape index (κ2) is 12.6. The van der Waals surface area contributed by atoms with E-state index in [1.807, 2.05) is 0 Å². The summed E-state index contributed by atoms with van der Waals surface area (Å²) in [5.41, 5.74) is 1.94. The van der Waals surface area contributed by atoms with Crippen molar-refractivity contribution >= 4 is 40.8 Å². The van der Waals surface area contributed by atoms with Crippen molar-refractivity contribution in [2.75, 3.05) is 11.9 Å². The number of hydrogen-bond acceptors (Lipinski definition) is 4. The Morgan fingerprint density at radius 1 is 0.878 bits per heavy atom. The third kappa shape index (κ3) is 7.53. The van der Waals surface area contributed by atoms with E-state index in [4.69, 9.17) is 28.3 Å². The van der Waals surface area contributed by atoms with Crippen LogP contribution in [-0.4, -0.2) is 28.5 Å². The molecule has 0 aliphatic heterocycles. The zero-order valence-electron chi connectivity index (χ0n) is 21.0. The second-order valence-corrected chi connectivity index (χ2v) is 9.69. The molecule has 12 heteroatoms. The molecule has 0 atom stereocenters. The Bertz CT molecular complexity index is 1600. The molecule has 0 radical (unpaired) electrons. The van der Waals surface area contributed by atoms with Crippen LogP contribution in [-0.2, 0) is 17.5 Å². The highest BCUT2D eigenvalue weighted by Crippen LogP contribution is 2.37. The van der Waals surface area contributed by atoms with Gasteiger partial charge in [-0.15, -0.1) is 0 Å². The van der Waals surface area contributed by atoms with Gasteiger partial charge >= 0.3 is 12.1 Å². The number of aliphatic carboxylic acids is 1. The molecule has 6 nitrogen and oxygen atoms in total. The van der Waals surface area contributed by atoms with Crippen LogP contribution in [0.2, 0.25) is 10.0 Å². The normalized spacial score (nSPS) is 11.3. The fourth-order valence-corrected chi connectivity index (χ4v) is 4.54. The Labute approximate surface area is 241 Å². The maximum atomic E-state index is 13.5. The first kappa shape index (κ1) is 29.8. The van der Waals surface area contributed by atoms with Gasteiger partial charge in [0.15, 0.2) is 0 Å². The van der Waals surface area contributed by atoms with Gasteiger partial charge in [0.05, 0.1) is 22.0 Å². The quantitative estimate of drug-likeness (QED) is 0.170. The molecular weight excluding hydrogens is 585 g/mol. The van der Waals surface area contributed by atoms with Crippen molar-refractivity contribution < 1.29 is 32.3 Å². The summed E-state index contributed by atoms with van der Waals surface area (Å²) in [6, 6.07) is 15.1. The van der Waals surface area contributed by atoms with Crippen molar-refractivity contribution in [3.63, 3.8) is 0 Å². The molecule has 0 aliphatic rings. The number of amides is 1. The molecule has 0 fully saturated rings. The Balaban J connectivity index is 1.57. The summed E-state index contributed by atoms with van der Waals surface area (Å²) in [5.74, 6) is -2.16. The predicted octanol–water partition coefficient (Wildman–Crippen LogP) is 7.70. The van der Waals surface area contributed by atoms with Gasteiger partial charge in [-0.2, -0.15) is 13.2 Å². The van der Waals surface area contributed by atoms with Gasteiger partial charge in [0.25, 0.3) is 5.91 Å². The lowest BCUT2D eigenvalue weighted by molar-refractivity contribution is -0.138. The molecule has 3 N–H and O–H groups in total. The van der Waals surface area contributed by atoms with E-state index >= 15 is 0 Å². The van der Waals surface area contributed by atoms with Gasteiger partial charge in [-0.05, 0) is 59.7 Å². The van der Waals surface area contributed by atoms with Gasteiger partial charge in [-0.1, -0.05) is 41.4 Å². The third-order valence-electron chi connectivity index (χ3n) is 6.04. The lowest BCUT2D eigenvalue weighted by Gasteiger charge is -2.16. The van der Waals surface area contributed by atoms with E-state index in [-0.39, 0.29) is 35.8 Å². The van der Waals surface area contributed by atoms with Crippen molar-refractivity contribution in [3.05, 3.63) is 106 Å². The van der Waals surface area contributed by atoms with Crippen molar-refractivity contribution in [2.45, 2.75) is 19.1 Å². The maximum Gasteiger partial charge on any atom is 0.416 e. The van der Waals surface area contributed by atoms with Crippen LogP contribution in [0.15, 0.2) is 72.9 Å². The highest BCUT2D eigenvalue weighted by molar-refractivity contribution is 6.36. The molecule has 0 aliphatic carbocycles. The average Bonchev–Trinajstić information content (AvgIpc) is 2.91. The van der Waals surface area contributed by atoms with Crippen LogP contribution in [0.1, 0.15) is 28.0 Å². The molecule has 41 heavy (non-hydrogen) atoms. The summed E-state index contributed by atoms with van der Waals surface area (Å²) < 4.78 is 54.0. The molecule has 3 aromatic carbocycles. The van der Waals surface area contributed by atoms with Crippen LogP contribution in [0.3, 0.4) is 0 Å². The number of carboxylic acids is 1. The smallest absolute Gasteiger partial charge is 0.416 e. The Hall–Kier alpha value is -4.15. The lowest BCUT2D eigenvalue weighted by atomic mass is 9.97. The molecule has 0 saturated carbocycles. The zero-order valence-corrected chi connectivity index (χ0v) is 22.5. The monoisotopic (exact) mass is 605 g/mol. The first-order valence-electron chi connectivity index (χ1n) is 12.1. The molecule has 212 valence electrons. The number of nitrogens with zero attached hydrogens (tertiary/aromatic N) is 1. The Morgan fingerprint density at radius 2 is 1.59 bits per heavy atom. The molecule has 1 amide bonds. The molecule has 4 rings (SSSR count). The number of halogens is 6. The number of alkyl halides is 3. The van der Waals surface area contributed by atoms with Crippen LogP contribution in [0.5, 0.6) is 0 Å². The van der Waals surface area contributed by atoms with E-state index in [0.29, 0.717) is 33.0 Å². The molecule has 0 spiro atoms. The molecule has 0 bridgehead atoms. The van der Waals surface area contributed by atoms with Crippen molar-refractivity contribution in [1.29, 1.82) is 0 Å². The maximum absolute atomic E-state index is 13.5. The highest BCUT2D eigenvalue weighted by Gasteiger charge is 2.31. The van der Waals surface area contributed by atoms with Crippen LogP contribution >= 0.6 is 23.2 Å². The Kier molecular flexibility index (Phi) is 9.14. The number of nitrogens with one attached hydrogen (secondary N) is 2. The van der Waals surface area contributed by atoms with E-state index in [1.54, 1.807) is 18.2 Å². The summed E-state index contributed by atoms with van der Waals surface area (Å²) in [5, 5.41) is 14.8. The number of benzene rings is 3. The highest BCUT2D eigenvalue weighted by atomic mass is 35.5. The largest absolute Gasteiger partial charge is 0.481 e. The molecule has 0 unspecified atom stereocenters. The fourth-order valence-electron chi connectivity index (χ4n) is 3.99. The van der Waals surface area contributed by atoms with Crippen LogP contribution < -0.4 is 10.6 Å². The topological polar surface area (TPSA) is 91.3 Å². The Morgan fingerprint density at radius 3 is 2.20 bits per heavy atom. The van der Waals surface area contributed by atoms with E-state index < -0.39 is 29.4 Å². The van der Waals surface area contributed by atoms with Gasteiger partial charge in [0, 0.05) is 41.7 Å². The van der Waals surface area contributed by atoms with E-state index in [2.05, 4.69) is 15.6 Å². The van der Waals surface area contributed by atoms with Gasteiger partial charge in [-0.25, -0.2) is 4.39 Å². The summed E-state index contributed by atoms with van der Waals surface area (Å²) in [6.07, 6.45) is -3.56. The lowest BCUT2D eigenvalue weighted by Crippen LogP contribution is -2.26. The van der Waals surface area contributed by atoms with E-state index in [0.717, 1.165) is 12.1 Å². The predicted molar refractivity (Wildman–Crippen MR) is 148 cm³/mol. The van der Waals surface area contributed by atoms with Crippen LogP contribution in [0.4, 0.5) is 23.2 Å². The molecule has 4 aromatic rings. The van der Waals surface area contributed by atoms with Gasteiger partial charge < -0.3 is 15.7 Å². The number of pyridine rings is 1. The van der Waals surface area contributed by atoms with Crippen molar-refractivity contribution in [3.8, 4) is 22.3 Å². The first-order valence-corrected chi connectivity index (χ1v) is 12.8. The van der Waals surface area contributed by atoms with Crippen molar-refractivity contribution in [2.24, 2.45) is 0 Å². The molecule has 1 heterocycles. The van der Waals surface area contributed by atoms with Gasteiger partial charge in [-0.3, -0.25) is 14.6 Å². The summed E-state index contributed by atoms with van der Waals surface area (Å²) in [7, 11) is 0. The summed E-state index contributed by atoms with van der Waals surface area (Å²) in [4.78, 5) is 26.9. The number of rotatable bonds is 9. The molecular formula is C29H21Cl2F4N3O3. The first-order chi connectivity index (χ1) is 19.4. The fraction of sp³-hybridized carbons (Fsp3) is 0.138. The number of aromatic nitrogens is 1. The number of carboxylic acid groups (broad SMARTS) is 1. The average molecular weight is 606 g/mol. The zero-order chi connectivity index (χ0) is 29.7. The minimum atomic E-state index is -4.58. The molecule has 0 saturated heterocycles. The standard InChI is InChI=1S/C29H21Cl2F4N3O3/c30-24-12-19(32)4-6-21(24)22-7-5-20(13-25(22)31)37-14-16-1-3-18(29(33,34)35)11-23(16)17-2-8-26(38-15-17)28(41)36-10-9-27(39)40/h1-8,11-13,15,37H,9-10,14H2,(H,36,41)(H,39,40). The minimum Gasteiger partial charge on any atom is -0.481 e. The van der Waals surface area contributed by atoms with Gasteiger partial charge in [0.2, 0.25) is 0 Å². The third-order valence-corrected chi connectivity index (χ3v) is 6.67. The second-order valence-electron chi connectivity index (χ2n) is 8.87. The van der Waals surface area contributed by atoms with E-state index in [1.165, 1.54) is 42.6 Å². The number of anilines is 1. The summed E-state index contributed by atoms with van der Waals surface area (Å²) >= 11 is 12.6.